The van der Waals surface area contributed by atoms with Gasteiger partial charge >= 0.3 is 18.1 Å². The van der Waals surface area contributed by atoms with E-state index in [9.17, 15) is 31.9 Å². The van der Waals surface area contributed by atoms with Gasteiger partial charge in [0.15, 0.2) is 6.10 Å². The van der Waals surface area contributed by atoms with Gasteiger partial charge in [-0.05, 0) is 55.8 Å². The standard InChI is InChI=1S/C17H21F5O3/c1-2-12(23)25-14(16(18,19)15(24)17(20,21)22)13-10-4-8-3-9(6-10)7-11(13)5-8/h2,8-11,13-15,24H,1,3-7H2. The molecule has 4 rings (SSSR count). The molecule has 0 aliphatic heterocycles. The Morgan fingerprint density at radius 2 is 1.52 bits per heavy atom. The van der Waals surface area contributed by atoms with Gasteiger partial charge in [-0.3, -0.25) is 0 Å². The maximum Gasteiger partial charge on any atom is 0.420 e. The molecule has 4 saturated carbocycles. The Kier molecular flexibility index (Phi) is 4.62. The van der Waals surface area contributed by atoms with E-state index in [1.54, 1.807) is 0 Å². The minimum Gasteiger partial charge on any atom is -0.452 e. The van der Waals surface area contributed by atoms with Crippen LogP contribution in [0.25, 0.3) is 0 Å². The van der Waals surface area contributed by atoms with Crippen LogP contribution in [0.4, 0.5) is 22.0 Å². The summed E-state index contributed by atoms with van der Waals surface area (Å²) < 4.78 is 72.2. The molecule has 142 valence electrons. The third kappa shape index (κ3) is 3.29. The summed E-state index contributed by atoms with van der Waals surface area (Å²) in [6.45, 7) is 3.12. The second-order valence-electron chi connectivity index (χ2n) is 7.69. The Balaban J connectivity index is 1.92. The largest absolute Gasteiger partial charge is 0.452 e. The smallest absolute Gasteiger partial charge is 0.420 e. The summed E-state index contributed by atoms with van der Waals surface area (Å²) in [5.74, 6) is -6.27. The number of carbonyl (C=O) groups is 1. The molecule has 4 aliphatic carbocycles. The fraction of sp³-hybridized carbons (Fsp3) is 0.824. The van der Waals surface area contributed by atoms with Gasteiger partial charge in [-0.25, -0.2) is 4.79 Å². The molecule has 0 heterocycles. The number of carbonyl (C=O) groups excluding carboxylic acids is 1. The first kappa shape index (κ1) is 18.6. The molecule has 0 aromatic carbocycles. The number of halogens is 5. The molecule has 1 N–H and O–H groups in total. The molecule has 2 atom stereocenters. The first-order chi connectivity index (χ1) is 11.5. The van der Waals surface area contributed by atoms with E-state index in [-0.39, 0.29) is 11.8 Å². The predicted octanol–water partition coefficient (Wildman–Crippen LogP) is 3.72. The first-order valence-electron chi connectivity index (χ1n) is 8.49. The lowest BCUT2D eigenvalue weighted by molar-refractivity contribution is -0.305. The third-order valence-corrected chi connectivity index (χ3v) is 6.11. The Morgan fingerprint density at radius 3 is 1.92 bits per heavy atom. The molecular weight excluding hydrogens is 347 g/mol. The maximum absolute atomic E-state index is 14.6. The van der Waals surface area contributed by atoms with E-state index in [0.717, 1.165) is 6.42 Å². The molecule has 0 aromatic heterocycles. The number of rotatable bonds is 5. The fourth-order valence-electron chi connectivity index (χ4n) is 5.42. The zero-order chi connectivity index (χ0) is 18.6. The molecule has 25 heavy (non-hydrogen) atoms. The summed E-state index contributed by atoms with van der Waals surface area (Å²) in [5, 5.41) is 9.23. The molecule has 2 unspecified atom stereocenters. The summed E-state index contributed by atoms with van der Waals surface area (Å²) in [5.41, 5.74) is 0. The Labute approximate surface area is 142 Å². The summed E-state index contributed by atoms with van der Waals surface area (Å²) in [4.78, 5) is 11.5. The molecule has 0 radical (unpaired) electrons. The Bertz CT molecular complexity index is 517. The van der Waals surface area contributed by atoms with E-state index in [1.807, 2.05) is 0 Å². The van der Waals surface area contributed by atoms with Crippen LogP contribution in [0.1, 0.15) is 32.1 Å². The zero-order valence-corrected chi connectivity index (χ0v) is 13.5. The van der Waals surface area contributed by atoms with Crippen LogP contribution in [0, 0.1) is 29.6 Å². The van der Waals surface area contributed by atoms with Gasteiger partial charge in [-0.1, -0.05) is 6.58 Å². The van der Waals surface area contributed by atoms with Gasteiger partial charge in [0.05, 0.1) is 0 Å². The van der Waals surface area contributed by atoms with Crippen LogP contribution in [0.3, 0.4) is 0 Å². The SMILES string of the molecule is C=CC(=O)OC(C1C2CC3CC(C2)CC1C3)C(F)(F)C(O)C(F)(F)F. The number of ether oxygens (including phenoxy) is 1. The highest BCUT2D eigenvalue weighted by Gasteiger charge is 2.65. The number of esters is 1. The lowest BCUT2D eigenvalue weighted by Gasteiger charge is -2.56. The van der Waals surface area contributed by atoms with Crippen LogP contribution in [0.5, 0.6) is 0 Å². The molecule has 0 aromatic rings. The minimum atomic E-state index is -5.51. The lowest BCUT2D eigenvalue weighted by Crippen LogP contribution is -2.60. The molecule has 4 bridgehead atoms. The van der Waals surface area contributed by atoms with Gasteiger partial charge in [0.1, 0.15) is 0 Å². The number of hydrogen-bond donors (Lipinski definition) is 1. The number of hydrogen-bond acceptors (Lipinski definition) is 3. The summed E-state index contributed by atoms with van der Waals surface area (Å²) in [6, 6.07) is 0. The van der Waals surface area contributed by atoms with Crippen molar-refractivity contribution in [3.05, 3.63) is 12.7 Å². The van der Waals surface area contributed by atoms with E-state index in [1.165, 1.54) is 0 Å². The van der Waals surface area contributed by atoms with Crippen molar-refractivity contribution in [2.75, 3.05) is 0 Å². The summed E-state index contributed by atoms with van der Waals surface area (Å²) in [7, 11) is 0. The van der Waals surface area contributed by atoms with Gasteiger partial charge in [-0.15, -0.1) is 0 Å². The molecule has 0 spiro atoms. The second kappa shape index (κ2) is 6.21. The molecular formula is C17H21F5O3. The van der Waals surface area contributed by atoms with E-state index in [2.05, 4.69) is 6.58 Å². The lowest BCUT2D eigenvalue weighted by atomic mass is 9.50. The number of aliphatic hydroxyl groups is 1. The summed E-state index contributed by atoms with van der Waals surface area (Å²) >= 11 is 0. The number of aliphatic hydroxyl groups excluding tert-OH is 1. The van der Waals surface area contributed by atoms with Gasteiger partial charge in [0.25, 0.3) is 0 Å². The average Bonchev–Trinajstić information content (AvgIpc) is 2.50. The Hall–Kier alpha value is -1.18. The highest BCUT2D eigenvalue weighted by molar-refractivity contribution is 5.81. The molecule has 4 aliphatic rings. The van der Waals surface area contributed by atoms with Crippen LogP contribution in [0.2, 0.25) is 0 Å². The maximum atomic E-state index is 14.6. The molecule has 4 fully saturated rings. The van der Waals surface area contributed by atoms with Gasteiger partial charge in [0, 0.05) is 12.0 Å². The van der Waals surface area contributed by atoms with Gasteiger partial charge in [-0.2, -0.15) is 22.0 Å². The number of alkyl halides is 5. The van der Waals surface area contributed by atoms with Crippen molar-refractivity contribution in [2.24, 2.45) is 29.6 Å². The van der Waals surface area contributed by atoms with Gasteiger partial charge < -0.3 is 9.84 Å². The predicted molar refractivity (Wildman–Crippen MR) is 77.6 cm³/mol. The van der Waals surface area contributed by atoms with Crippen LogP contribution < -0.4 is 0 Å². The summed E-state index contributed by atoms with van der Waals surface area (Å²) in [6.07, 6.45) is -7.33. The third-order valence-electron chi connectivity index (χ3n) is 6.11. The van der Waals surface area contributed by atoms with Crippen molar-refractivity contribution in [3.63, 3.8) is 0 Å². The van der Waals surface area contributed by atoms with E-state index in [4.69, 9.17) is 4.74 Å². The minimum absolute atomic E-state index is 0.204. The second-order valence-corrected chi connectivity index (χ2v) is 7.69. The van der Waals surface area contributed by atoms with Crippen LogP contribution >= 0.6 is 0 Å². The van der Waals surface area contributed by atoms with Gasteiger partial charge in [0.2, 0.25) is 6.10 Å². The quantitative estimate of drug-likeness (QED) is 0.457. The first-order valence-corrected chi connectivity index (χ1v) is 8.49. The molecule has 3 nitrogen and oxygen atoms in total. The van der Waals surface area contributed by atoms with E-state index < -0.39 is 36.2 Å². The normalized spacial score (nSPS) is 36.8. The Morgan fingerprint density at radius 1 is 1.04 bits per heavy atom. The van der Waals surface area contributed by atoms with Crippen molar-refractivity contribution in [2.45, 2.75) is 56.4 Å². The zero-order valence-electron chi connectivity index (χ0n) is 13.5. The van der Waals surface area contributed by atoms with E-state index >= 15 is 0 Å². The monoisotopic (exact) mass is 368 g/mol. The van der Waals surface area contributed by atoms with Crippen molar-refractivity contribution in [3.8, 4) is 0 Å². The van der Waals surface area contributed by atoms with Crippen molar-refractivity contribution < 1.29 is 36.6 Å². The van der Waals surface area contributed by atoms with Crippen LogP contribution in [-0.2, 0) is 9.53 Å². The van der Waals surface area contributed by atoms with Crippen molar-refractivity contribution >= 4 is 5.97 Å². The van der Waals surface area contributed by atoms with Crippen LogP contribution in [-0.4, -0.2) is 35.4 Å². The fourth-order valence-corrected chi connectivity index (χ4v) is 5.42. The van der Waals surface area contributed by atoms with Crippen molar-refractivity contribution in [1.29, 1.82) is 0 Å². The average molecular weight is 368 g/mol. The molecule has 8 heteroatoms. The highest BCUT2D eigenvalue weighted by atomic mass is 19.4. The highest BCUT2D eigenvalue weighted by Crippen LogP contribution is 2.59. The van der Waals surface area contributed by atoms with Crippen LogP contribution in [0.15, 0.2) is 12.7 Å². The van der Waals surface area contributed by atoms with E-state index in [0.29, 0.717) is 43.6 Å². The van der Waals surface area contributed by atoms with Crippen molar-refractivity contribution in [1.82, 2.24) is 0 Å². The topological polar surface area (TPSA) is 46.5 Å². The molecule has 0 amide bonds. The molecule has 0 saturated heterocycles.